The van der Waals surface area contributed by atoms with Crippen LogP contribution in [0, 0.1) is 0 Å². The molecule has 2 aromatic carbocycles. The first-order valence-electron chi connectivity index (χ1n) is 10.1. The van der Waals surface area contributed by atoms with E-state index < -0.39 is 5.97 Å². The van der Waals surface area contributed by atoms with Crippen molar-refractivity contribution >= 4 is 22.7 Å². The molecule has 0 bridgehead atoms. The zero-order valence-corrected chi connectivity index (χ0v) is 17.2. The lowest BCUT2D eigenvalue weighted by atomic mass is 9.96. The molecule has 0 unspecified atom stereocenters. The number of carbonyl (C=O) groups excluding carboxylic acids is 2. The number of rotatable bonds is 6. The number of hydrogen-bond donors (Lipinski definition) is 0. The quantitative estimate of drug-likeness (QED) is 0.461. The van der Waals surface area contributed by atoms with Gasteiger partial charge in [-0.25, -0.2) is 4.79 Å². The number of hydrogen-bond acceptors (Lipinski definition) is 6. The molecule has 6 nitrogen and oxygen atoms in total. The van der Waals surface area contributed by atoms with Crippen LogP contribution < -0.4 is 4.74 Å². The maximum Gasteiger partial charge on any atom is 0.339 e. The summed E-state index contributed by atoms with van der Waals surface area (Å²) in [7, 11) is 1.54. The Morgan fingerprint density at radius 2 is 1.97 bits per heavy atom. The molecule has 6 heteroatoms. The number of esters is 1. The van der Waals surface area contributed by atoms with Crippen LogP contribution in [-0.2, 0) is 17.7 Å². The highest BCUT2D eigenvalue weighted by Gasteiger charge is 2.26. The molecule has 0 saturated heterocycles. The molecule has 0 atom stereocenters. The molecule has 1 aliphatic rings. The van der Waals surface area contributed by atoms with Crippen LogP contribution in [0.2, 0.25) is 0 Å². The van der Waals surface area contributed by atoms with Crippen LogP contribution in [0.5, 0.6) is 5.75 Å². The number of fused-ring (bicyclic) bond motifs is 2. The number of likely N-dealkylation sites (N-methyl/N-ethyl adjacent to an activating group) is 1. The van der Waals surface area contributed by atoms with E-state index in [2.05, 4.69) is 11.8 Å². The summed E-state index contributed by atoms with van der Waals surface area (Å²) < 4.78 is 10.6. The lowest BCUT2D eigenvalue weighted by Gasteiger charge is -2.28. The molecule has 0 fully saturated rings. The molecule has 1 aromatic heterocycles. The first-order chi connectivity index (χ1) is 14.6. The van der Waals surface area contributed by atoms with Crippen molar-refractivity contribution in [2.24, 2.45) is 0 Å². The van der Waals surface area contributed by atoms with Crippen LogP contribution in [0.25, 0.3) is 10.9 Å². The number of nitrogens with zero attached hydrogens (tertiary/aromatic N) is 2. The second-order valence-corrected chi connectivity index (χ2v) is 7.28. The Labute approximate surface area is 175 Å². The van der Waals surface area contributed by atoms with E-state index in [4.69, 9.17) is 14.5 Å². The maximum absolute atomic E-state index is 13.1. The van der Waals surface area contributed by atoms with E-state index in [1.165, 1.54) is 0 Å². The maximum atomic E-state index is 13.1. The predicted molar refractivity (Wildman–Crippen MR) is 114 cm³/mol. The number of methoxy groups -OCH3 is 1. The number of ketones is 1. The van der Waals surface area contributed by atoms with Gasteiger partial charge in [0, 0.05) is 41.7 Å². The van der Waals surface area contributed by atoms with Crippen LogP contribution in [0.4, 0.5) is 0 Å². The monoisotopic (exact) mass is 404 g/mol. The van der Waals surface area contributed by atoms with Crippen LogP contribution in [-0.4, -0.2) is 48.4 Å². The highest BCUT2D eigenvalue weighted by molar-refractivity contribution is 6.06. The van der Waals surface area contributed by atoms with E-state index in [-0.39, 0.29) is 12.4 Å². The molecular formula is C24H24N2O4. The Kier molecular flexibility index (Phi) is 5.77. The molecule has 30 heavy (non-hydrogen) atoms. The van der Waals surface area contributed by atoms with Gasteiger partial charge in [-0.1, -0.05) is 37.3 Å². The third kappa shape index (κ3) is 3.91. The fourth-order valence-electron chi connectivity index (χ4n) is 3.83. The summed E-state index contributed by atoms with van der Waals surface area (Å²) in [6.45, 7) is 4.24. The van der Waals surface area contributed by atoms with Crippen LogP contribution in [0.15, 0.2) is 48.5 Å². The van der Waals surface area contributed by atoms with E-state index in [9.17, 15) is 9.59 Å². The average Bonchev–Trinajstić information content (AvgIpc) is 2.80. The van der Waals surface area contributed by atoms with Gasteiger partial charge < -0.3 is 9.47 Å². The second kappa shape index (κ2) is 8.63. The normalized spacial score (nSPS) is 13.7. The fourth-order valence-corrected chi connectivity index (χ4v) is 3.83. The molecule has 3 aromatic rings. The highest BCUT2D eigenvalue weighted by Crippen LogP contribution is 2.28. The van der Waals surface area contributed by atoms with Gasteiger partial charge in [0.25, 0.3) is 0 Å². The summed E-state index contributed by atoms with van der Waals surface area (Å²) in [5.41, 5.74) is 3.57. The Balaban J connectivity index is 1.63. The van der Waals surface area contributed by atoms with E-state index in [0.29, 0.717) is 23.4 Å². The molecule has 0 amide bonds. The molecule has 2 heterocycles. The van der Waals surface area contributed by atoms with Gasteiger partial charge in [-0.15, -0.1) is 0 Å². The summed E-state index contributed by atoms with van der Waals surface area (Å²) in [5, 5.41) is 0.757. The second-order valence-electron chi connectivity index (χ2n) is 7.28. The molecule has 154 valence electrons. The van der Waals surface area contributed by atoms with Crippen molar-refractivity contribution in [3.63, 3.8) is 0 Å². The van der Waals surface area contributed by atoms with E-state index in [1.807, 2.05) is 24.3 Å². The average molecular weight is 404 g/mol. The SMILES string of the molecule is CCN1CCc2nc3ccccc3c(C(=O)OCC(=O)c3cccc(OC)c3)c2C1. The highest BCUT2D eigenvalue weighted by atomic mass is 16.5. The van der Waals surface area contributed by atoms with Crippen LogP contribution >= 0.6 is 0 Å². The molecular weight excluding hydrogens is 380 g/mol. The van der Waals surface area contributed by atoms with E-state index in [0.717, 1.165) is 41.7 Å². The summed E-state index contributed by atoms with van der Waals surface area (Å²) in [5.74, 6) is -0.176. The van der Waals surface area contributed by atoms with Crippen LogP contribution in [0.1, 0.15) is 38.9 Å². The van der Waals surface area contributed by atoms with Gasteiger partial charge >= 0.3 is 5.97 Å². The number of para-hydroxylation sites is 1. The molecule has 0 radical (unpaired) electrons. The minimum atomic E-state index is -0.487. The van der Waals surface area contributed by atoms with Crippen molar-refractivity contribution in [1.29, 1.82) is 0 Å². The number of benzene rings is 2. The molecule has 0 spiro atoms. The fraction of sp³-hybridized carbons (Fsp3) is 0.292. The van der Waals surface area contributed by atoms with Gasteiger partial charge in [0.15, 0.2) is 12.4 Å². The van der Waals surface area contributed by atoms with E-state index in [1.54, 1.807) is 31.4 Å². The van der Waals surface area contributed by atoms with Crippen molar-refractivity contribution in [2.75, 3.05) is 26.8 Å². The number of aromatic nitrogens is 1. The van der Waals surface area contributed by atoms with Crippen molar-refractivity contribution in [3.05, 3.63) is 70.9 Å². The van der Waals surface area contributed by atoms with Gasteiger partial charge in [-0.2, -0.15) is 0 Å². The summed E-state index contributed by atoms with van der Waals surface area (Å²) in [6, 6.07) is 14.4. The van der Waals surface area contributed by atoms with Crippen LogP contribution in [0.3, 0.4) is 0 Å². The molecule has 0 saturated carbocycles. The minimum absolute atomic E-state index is 0.273. The smallest absolute Gasteiger partial charge is 0.339 e. The molecule has 1 aliphatic heterocycles. The molecule has 0 N–H and O–H groups in total. The largest absolute Gasteiger partial charge is 0.497 e. The van der Waals surface area contributed by atoms with Gasteiger partial charge in [0.2, 0.25) is 0 Å². The first-order valence-corrected chi connectivity index (χ1v) is 10.1. The zero-order valence-electron chi connectivity index (χ0n) is 17.2. The summed E-state index contributed by atoms with van der Waals surface area (Å²) >= 11 is 0. The Morgan fingerprint density at radius 1 is 1.13 bits per heavy atom. The predicted octanol–water partition coefficient (Wildman–Crippen LogP) is 3.66. The number of carbonyl (C=O) groups is 2. The van der Waals surface area contributed by atoms with Gasteiger partial charge in [-0.05, 0) is 24.7 Å². The minimum Gasteiger partial charge on any atom is -0.497 e. The Morgan fingerprint density at radius 3 is 2.77 bits per heavy atom. The lowest BCUT2D eigenvalue weighted by Crippen LogP contribution is -2.32. The summed E-state index contributed by atoms with van der Waals surface area (Å²) in [4.78, 5) is 32.7. The summed E-state index contributed by atoms with van der Waals surface area (Å²) in [6.07, 6.45) is 0.789. The van der Waals surface area contributed by atoms with Gasteiger partial charge in [-0.3, -0.25) is 14.7 Å². The third-order valence-electron chi connectivity index (χ3n) is 5.50. The van der Waals surface area contributed by atoms with Crippen molar-refractivity contribution in [3.8, 4) is 5.75 Å². The number of ether oxygens (including phenoxy) is 2. The third-order valence-corrected chi connectivity index (χ3v) is 5.50. The number of pyridine rings is 1. The Hall–Kier alpha value is -3.25. The molecule has 4 rings (SSSR count). The van der Waals surface area contributed by atoms with Gasteiger partial charge in [0.05, 0.1) is 18.2 Å². The molecule has 0 aliphatic carbocycles. The topological polar surface area (TPSA) is 68.7 Å². The first kappa shape index (κ1) is 20.0. The zero-order chi connectivity index (χ0) is 21.1. The Bertz CT molecular complexity index is 1110. The standard InChI is InChI=1S/C24H24N2O4/c1-3-26-12-11-21-19(14-26)23(18-9-4-5-10-20(18)25-21)24(28)30-15-22(27)16-7-6-8-17(13-16)29-2/h4-10,13H,3,11-12,14-15H2,1-2H3. The number of Topliss-reactive ketones (excluding diaryl/α,β-unsaturated/α-hetero) is 1. The van der Waals surface area contributed by atoms with Crippen molar-refractivity contribution in [1.82, 2.24) is 9.88 Å². The lowest BCUT2D eigenvalue weighted by molar-refractivity contribution is 0.0474. The van der Waals surface area contributed by atoms with Gasteiger partial charge in [0.1, 0.15) is 5.75 Å². The van der Waals surface area contributed by atoms with E-state index >= 15 is 0 Å². The van der Waals surface area contributed by atoms with Crippen molar-refractivity contribution < 1.29 is 19.1 Å². The van der Waals surface area contributed by atoms with Crippen molar-refractivity contribution in [2.45, 2.75) is 19.9 Å².